The van der Waals surface area contributed by atoms with E-state index in [-0.39, 0.29) is 17.1 Å². The molecule has 0 bridgehead atoms. The Morgan fingerprint density at radius 2 is 2.22 bits per heavy atom. The molecule has 0 aromatic carbocycles. The van der Waals surface area contributed by atoms with E-state index in [1.807, 2.05) is 0 Å². The van der Waals surface area contributed by atoms with Crippen LogP contribution in [0.5, 0.6) is 0 Å². The van der Waals surface area contributed by atoms with Crippen LogP contribution in [0.1, 0.15) is 29.6 Å². The zero-order valence-corrected chi connectivity index (χ0v) is 10.8. The molecule has 0 amide bonds. The highest BCUT2D eigenvalue weighted by molar-refractivity contribution is 6.31. The van der Waals surface area contributed by atoms with Crippen molar-refractivity contribution in [2.45, 2.75) is 19.3 Å². The van der Waals surface area contributed by atoms with Crippen LogP contribution in [0.15, 0.2) is 12.3 Å². The van der Waals surface area contributed by atoms with Crippen molar-refractivity contribution in [1.82, 2.24) is 10.3 Å². The second-order valence-corrected chi connectivity index (χ2v) is 5.76. The van der Waals surface area contributed by atoms with Gasteiger partial charge in [-0.25, -0.2) is 4.98 Å². The van der Waals surface area contributed by atoms with Crippen LogP contribution in [-0.4, -0.2) is 23.9 Å². The maximum absolute atomic E-state index is 12.5. The van der Waals surface area contributed by atoms with Crippen LogP contribution in [0.4, 0.5) is 5.82 Å². The van der Waals surface area contributed by atoms with Gasteiger partial charge in [0.05, 0.1) is 10.6 Å². The predicted molar refractivity (Wildman–Crippen MR) is 70.6 cm³/mol. The second kappa shape index (κ2) is 4.21. The number of halogens is 1. The van der Waals surface area contributed by atoms with Crippen molar-refractivity contribution in [1.29, 1.82) is 0 Å². The molecule has 1 atom stereocenters. The summed E-state index contributed by atoms with van der Waals surface area (Å²) >= 11 is 5.88. The fraction of sp³-hybridized carbons (Fsp3) is 0.538. The topological polar surface area (TPSA) is 68.0 Å². The molecule has 1 spiro atoms. The highest BCUT2D eigenvalue weighted by Gasteiger charge is 2.57. The number of Topliss-reactive ketones (excluding diaryl/α,β-unsaturated/α-hetero) is 1. The van der Waals surface area contributed by atoms with Gasteiger partial charge >= 0.3 is 0 Å². The van der Waals surface area contributed by atoms with Crippen LogP contribution in [-0.2, 0) is 0 Å². The van der Waals surface area contributed by atoms with Crippen LogP contribution in [0.3, 0.4) is 0 Å². The van der Waals surface area contributed by atoms with Crippen molar-refractivity contribution < 1.29 is 4.79 Å². The minimum Gasteiger partial charge on any atom is -0.383 e. The third kappa shape index (κ3) is 1.89. The van der Waals surface area contributed by atoms with Crippen molar-refractivity contribution >= 4 is 23.2 Å². The zero-order valence-electron chi connectivity index (χ0n) is 10.1. The average Bonchev–Trinajstić information content (AvgIpc) is 3.06. The number of hydrogen-bond donors (Lipinski definition) is 2. The van der Waals surface area contributed by atoms with E-state index in [1.54, 1.807) is 6.07 Å². The maximum atomic E-state index is 12.5. The zero-order chi connectivity index (χ0) is 12.8. The van der Waals surface area contributed by atoms with Gasteiger partial charge in [-0.05, 0) is 43.8 Å². The van der Waals surface area contributed by atoms with E-state index in [4.69, 9.17) is 17.3 Å². The minimum absolute atomic E-state index is 0.113. The summed E-state index contributed by atoms with van der Waals surface area (Å²) in [5, 5.41) is 3.80. The lowest BCUT2D eigenvalue weighted by atomic mass is 9.89. The largest absolute Gasteiger partial charge is 0.383 e. The van der Waals surface area contributed by atoms with Gasteiger partial charge in [-0.15, -0.1) is 0 Å². The van der Waals surface area contributed by atoms with Crippen LogP contribution >= 0.6 is 11.6 Å². The van der Waals surface area contributed by atoms with Crippen LogP contribution in [0, 0.1) is 11.3 Å². The van der Waals surface area contributed by atoms with E-state index in [9.17, 15) is 4.79 Å². The highest BCUT2D eigenvalue weighted by atomic mass is 35.5. The Kier molecular flexibility index (Phi) is 2.79. The van der Waals surface area contributed by atoms with Crippen molar-refractivity contribution in [2.24, 2.45) is 11.3 Å². The Bertz CT molecular complexity index is 497. The van der Waals surface area contributed by atoms with Gasteiger partial charge in [0.15, 0.2) is 5.78 Å². The van der Waals surface area contributed by atoms with Crippen molar-refractivity contribution in [3.63, 3.8) is 0 Å². The summed E-state index contributed by atoms with van der Waals surface area (Å²) in [6, 6.07) is 1.64. The molecule has 2 heterocycles. The van der Waals surface area contributed by atoms with E-state index in [0.29, 0.717) is 16.4 Å². The number of carbonyl (C=O) groups is 1. The lowest BCUT2D eigenvalue weighted by Gasteiger charge is -2.23. The number of nitrogens with zero attached hydrogens (tertiary/aromatic N) is 1. The first-order valence-electron chi connectivity index (χ1n) is 6.28. The molecule has 5 heteroatoms. The third-order valence-corrected chi connectivity index (χ3v) is 4.46. The smallest absolute Gasteiger partial charge is 0.170 e. The fourth-order valence-electron chi connectivity index (χ4n) is 3.03. The molecular weight excluding hydrogens is 250 g/mol. The summed E-state index contributed by atoms with van der Waals surface area (Å²) in [5.41, 5.74) is 6.48. The summed E-state index contributed by atoms with van der Waals surface area (Å²) in [5.74, 6) is 0.520. The molecule has 2 aliphatic rings. The van der Waals surface area contributed by atoms with Crippen LogP contribution in [0.2, 0.25) is 5.02 Å². The Morgan fingerprint density at radius 3 is 2.94 bits per heavy atom. The van der Waals surface area contributed by atoms with Gasteiger partial charge in [0, 0.05) is 12.1 Å². The number of hydrogen-bond acceptors (Lipinski definition) is 4. The number of piperidine rings is 1. The lowest BCUT2D eigenvalue weighted by molar-refractivity contribution is 0.0941. The number of rotatable bonds is 2. The number of nitrogens with two attached hydrogens (primary N) is 1. The highest BCUT2D eigenvalue weighted by Crippen LogP contribution is 2.59. The fourth-order valence-corrected chi connectivity index (χ4v) is 3.19. The summed E-state index contributed by atoms with van der Waals surface area (Å²) in [6.45, 7) is 2.01. The molecule has 1 saturated carbocycles. The van der Waals surface area contributed by atoms with E-state index < -0.39 is 0 Å². The van der Waals surface area contributed by atoms with Gasteiger partial charge in [0.2, 0.25) is 0 Å². The number of nitrogen functional groups attached to an aromatic ring is 1. The van der Waals surface area contributed by atoms with Crippen molar-refractivity contribution in [3.8, 4) is 0 Å². The van der Waals surface area contributed by atoms with E-state index in [2.05, 4.69) is 10.3 Å². The molecule has 1 aliphatic heterocycles. The summed E-state index contributed by atoms with van der Waals surface area (Å²) in [4.78, 5) is 16.4. The molecule has 1 saturated heterocycles. The van der Waals surface area contributed by atoms with Gasteiger partial charge < -0.3 is 11.1 Å². The van der Waals surface area contributed by atoms with Gasteiger partial charge in [-0.1, -0.05) is 11.6 Å². The predicted octanol–water partition coefficient (Wildman–Crippen LogP) is 1.89. The molecule has 1 aromatic rings. The summed E-state index contributed by atoms with van der Waals surface area (Å²) < 4.78 is 0. The molecule has 1 aromatic heterocycles. The molecule has 1 aliphatic carbocycles. The molecule has 1 unspecified atom stereocenters. The molecule has 96 valence electrons. The maximum Gasteiger partial charge on any atom is 0.170 e. The Morgan fingerprint density at radius 1 is 1.50 bits per heavy atom. The summed E-state index contributed by atoms with van der Waals surface area (Å²) in [6.07, 6.45) is 4.62. The first-order chi connectivity index (χ1) is 8.62. The van der Waals surface area contributed by atoms with Crippen LogP contribution in [0.25, 0.3) is 0 Å². The molecular formula is C13H16ClN3O. The monoisotopic (exact) mass is 265 g/mol. The number of ketones is 1. The standard InChI is InChI=1S/C13H16ClN3O/c14-8-5-9(12(15)17-7-8)11(18)10-6-13(10)1-3-16-4-2-13/h5,7,10,16H,1-4,6H2,(H2,15,17). The quantitative estimate of drug-likeness (QED) is 0.802. The number of aromatic nitrogens is 1. The van der Waals surface area contributed by atoms with Gasteiger partial charge in [0.25, 0.3) is 0 Å². The number of anilines is 1. The third-order valence-electron chi connectivity index (χ3n) is 4.26. The molecule has 0 radical (unpaired) electrons. The first kappa shape index (κ1) is 11.9. The van der Waals surface area contributed by atoms with Crippen molar-refractivity contribution in [3.05, 3.63) is 22.8 Å². The molecule has 3 rings (SSSR count). The SMILES string of the molecule is Nc1ncc(Cl)cc1C(=O)C1CC12CCNCC2. The Hall–Kier alpha value is -1.13. The van der Waals surface area contributed by atoms with E-state index >= 15 is 0 Å². The molecule has 18 heavy (non-hydrogen) atoms. The number of carbonyl (C=O) groups excluding carboxylic acids is 1. The second-order valence-electron chi connectivity index (χ2n) is 5.32. The molecule has 3 N–H and O–H groups in total. The van der Waals surface area contributed by atoms with E-state index in [1.165, 1.54) is 6.20 Å². The van der Waals surface area contributed by atoms with Gasteiger partial charge in [0.1, 0.15) is 5.82 Å². The van der Waals surface area contributed by atoms with Crippen LogP contribution < -0.4 is 11.1 Å². The van der Waals surface area contributed by atoms with Gasteiger partial charge in [-0.3, -0.25) is 4.79 Å². The summed E-state index contributed by atoms with van der Waals surface area (Å²) in [7, 11) is 0. The first-order valence-corrected chi connectivity index (χ1v) is 6.66. The lowest BCUT2D eigenvalue weighted by Crippen LogP contribution is -2.30. The molecule has 2 fully saturated rings. The number of pyridine rings is 1. The average molecular weight is 266 g/mol. The minimum atomic E-state index is 0.113. The normalized spacial score (nSPS) is 25.1. The Labute approximate surface area is 111 Å². The number of nitrogens with one attached hydrogen (secondary N) is 1. The Balaban J connectivity index is 1.82. The van der Waals surface area contributed by atoms with Crippen molar-refractivity contribution in [2.75, 3.05) is 18.8 Å². The van der Waals surface area contributed by atoms with E-state index in [0.717, 1.165) is 32.4 Å². The molecule has 4 nitrogen and oxygen atoms in total. The van der Waals surface area contributed by atoms with Gasteiger partial charge in [-0.2, -0.15) is 0 Å².